The molecule has 0 aliphatic carbocycles. The minimum Gasteiger partial charge on any atom is -0.378 e. The van der Waals surface area contributed by atoms with Crippen LogP contribution < -0.4 is 10.2 Å². The molecule has 0 amide bonds. The smallest absolute Gasteiger partial charge is 0.186 e. The van der Waals surface area contributed by atoms with Crippen molar-refractivity contribution in [3.05, 3.63) is 10.6 Å². The molecule has 2 aliphatic rings. The predicted octanol–water partition coefficient (Wildman–Crippen LogP) is 1.83. The summed E-state index contributed by atoms with van der Waals surface area (Å²) in [5.41, 5.74) is 1.36. The van der Waals surface area contributed by atoms with Gasteiger partial charge >= 0.3 is 0 Å². The van der Waals surface area contributed by atoms with E-state index in [1.54, 1.807) is 11.3 Å². The molecule has 0 aromatic carbocycles. The minimum atomic E-state index is 0.200. The maximum Gasteiger partial charge on any atom is 0.186 e. The lowest BCUT2D eigenvalue weighted by Crippen LogP contribution is -2.36. The molecule has 1 fully saturated rings. The Bertz CT molecular complexity index is 492. The molecule has 3 rings (SSSR count). The number of nitrogens with zero attached hydrogens (tertiary/aromatic N) is 2. The van der Waals surface area contributed by atoms with Gasteiger partial charge in [-0.2, -0.15) is 0 Å². The van der Waals surface area contributed by atoms with Crippen LogP contribution in [0, 0.1) is 5.41 Å². The zero-order valence-corrected chi connectivity index (χ0v) is 13.0. The average Bonchev–Trinajstić information content (AvgIpc) is 2.76. The summed E-state index contributed by atoms with van der Waals surface area (Å²) in [6, 6.07) is 0. The molecule has 2 aliphatic heterocycles. The van der Waals surface area contributed by atoms with E-state index in [1.807, 2.05) is 0 Å². The number of hydrogen-bond donors (Lipinski definition) is 1. The summed E-state index contributed by atoms with van der Waals surface area (Å²) < 4.78 is 5.39. The predicted molar refractivity (Wildman–Crippen MR) is 82.3 cm³/mol. The van der Waals surface area contributed by atoms with E-state index >= 15 is 0 Å². The van der Waals surface area contributed by atoms with E-state index in [9.17, 15) is 0 Å². The van der Waals surface area contributed by atoms with Crippen molar-refractivity contribution < 1.29 is 4.74 Å². The Morgan fingerprint density at radius 2 is 2.11 bits per heavy atom. The second-order valence-electron chi connectivity index (χ2n) is 5.90. The summed E-state index contributed by atoms with van der Waals surface area (Å²) in [4.78, 5) is 9.16. The summed E-state index contributed by atoms with van der Waals surface area (Å²) in [5, 5.41) is 4.46. The van der Waals surface area contributed by atoms with E-state index in [0.717, 1.165) is 60.0 Å². The number of thiazole rings is 1. The monoisotopic (exact) mass is 297 g/mol. The largest absolute Gasteiger partial charge is 0.378 e. The van der Waals surface area contributed by atoms with Crippen molar-refractivity contribution >= 4 is 33.7 Å². The molecule has 3 heterocycles. The van der Waals surface area contributed by atoms with Gasteiger partial charge in [-0.3, -0.25) is 0 Å². The zero-order valence-electron chi connectivity index (χ0n) is 11.4. The van der Waals surface area contributed by atoms with Gasteiger partial charge in [-0.25, -0.2) is 4.98 Å². The highest BCUT2D eigenvalue weighted by Crippen LogP contribution is 2.33. The van der Waals surface area contributed by atoms with E-state index in [2.05, 4.69) is 24.1 Å². The number of rotatable bonds is 1. The Labute approximate surface area is 123 Å². The Morgan fingerprint density at radius 1 is 1.37 bits per heavy atom. The second-order valence-corrected chi connectivity index (χ2v) is 7.28. The summed E-state index contributed by atoms with van der Waals surface area (Å²) in [6.45, 7) is 8.86. The first-order chi connectivity index (χ1) is 9.05. The lowest BCUT2D eigenvalue weighted by atomic mass is 9.88. The molecule has 1 saturated heterocycles. The van der Waals surface area contributed by atoms with E-state index in [0.29, 0.717) is 0 Å². The molecule has 4 nitrogen and oxygen atoms in total. The average molecular weight is 297 g/mol. The van der Waals surface area contributed by atoms with Crippen molar-refractivity contribution in [1.82, 2.24) is 10.3 Å². The molecular formula is C13H19N3OS2. The van der Waals surface area contributed by atoms with Crippen LogP contribution in [-0.2, 0) is 11.2 Å². The third-order valence-electron chi connectivity index (χ3n) is 3.55. The number of morpholine rings is 1. The molecule has 19 heavy (non-hydrogen) atoms. The number of ether oxygens (including phenoxy) is 1. The van der Waals surface area contributed by atoms with Crippen molar-refractivity contribution in [2.24, 2.45) is 5.41 Å². The summed E-state index contributed by atoms with van der Waals surface area (Å²) in [7, 11) is 0. The van der Waals surface area contributed by atoms with Crippen LogP contribution in [0.1, 0.15) is 24.4 Å². The first-order valence-electron chi connectivity index (χ1n) is 6.66. The Kier molecular flexibility index (Phi) is 3.49. The number of thiocarbonyl (C=S) groups is 1. The Balaban J connectivity index is 1.90. The van der Waals surface area contributed by atoms with Gasteiger partial charge in [0.25, 0.3) is 0 Å². The van der Waals surface area contributed by atoms with Crippen molar-refractivity contribution in [1.29, 1.82) is 0 Å². The SMILES string of the molecule is CC1(C)CNC(=S)c2sc(N3CCOCC3)nc2C1. The van der Waals surface area contributed by atoms with Crippen LogP contribution >= 0.6 is 23.6 Å². The fraction of sp³-hybridized carbons (Fsp3) is 0.692. The van der Waals surface area contributed by atoms with Crippen LogP contribution in [0.4, 0.5) is 5.13 Å². The van der Waals surface area contributed by atoms with Crippen LogP contribution in [0.25, 0.3) is 0 Å². The van der Waals surface area contributed by atoms with Gasteiger partial charge < -0.3 is 15.0 Å². The van der Waals surface area contributed by atoms with Crippen LogP contribution in [0.3, 0.4) is 0 Å². The normalized spacial score (nSPS) is 22.6. The summed E-state index contributed by atoms with van der Waals surface area (Å²) >= 11 is 7.20. The molecule has 0 unspecified atom stereocenters. The molecular weight excluding hydrogens is 278 g/mol. The van der Waals surface area contributed by atoms with Crippen molar-refractivity contribution in [2.75, 3.05) is 37.7 Å². The summed E-state index contributed by atoms with van der Waals surface area (Å²) in [6.07, 6.45) is 0.982. The molecule has 1 aromatic rings. The van der Waals surface area contributed by atoms with Gasteiger partial charge in [-0.15, -0.1) is 0 Å². The van der Waals surface area contributed by atoms with Crippen molar-refractivity contribution in [3.8, 4) is 0 Å². The topological polar surface area (TPSA) is 37.4 Å². The van der Waals surface area contributed by atoms with E-state index in [1.165, 1.54) is 0 Å². The highest BCUT2D eigenvalue weighted by molar-refractivity contribution is 7.81. The number of fused-ring (bicyclic) bond motifs is 1. The number of hydrogen-bond acceptors (Lipinski definition) is 5. The summed E-state index contributed by atoms with van der Waals surface area (Å²) in [5.74, 6) is 0. The standard InChI is InChI=1S/C13H19N3OS2/c1-13(2)7-9-10(11(18)14-8-13)19-12(15-9)16-3-5-17-6-4-16/h3-8H2,1-2H3,(H,14,18). The molecule has 1 aromatic heterocycles. The molecule has 0 saturated carbocycles. The molecule has 0 radical (unpaired) electrons. The number of aromatic nitrogens is 1. The molecule has 104 valence electrons. The third-order valence-corrected chi connectivity index (χ3v) is 5.20. The van der Waals surface area contributed by atoms with Crippen molar-refractivity contribution in [3.63, 3.8) is 0 Å². The maximum absolute atomic E-state index is 5.48. The molecule has 1 N–H and O–H groups in total. The molecule has 6 heteroatoms. The van der Waals surface area contributed by atoms with Gasteiger partial charge in [0.05, 0.1) is 23.8 Å². The molecule has 0 atom stereocenters. The minimum absolute atomic E-state index is 0.200. The first-order valence-corrected chi connectivity index (χ1v) is 7.88. The van der Waals surface area contributed by atoms with E-state index in [-0.39, 0.29) is 5.41 Å². The van der Waals surface area contributed by atoms with Crippen LogP contribution in [-0.4, -0.2) is 42.8 Å². The first kappa shape index (κ1) is 13.3. The zero-order chi connectivity index (χ0) is 13.5. The highest BCUT2D eigenvalue weighted by Gasteiger charge is 2.29. The molecule has 0 spiro atoms. The lowest BCUT2D eigenvalue weighted by molar-refractivity contribution is 0.122. The number of anilines is 1. The van der Waals surface area contributed by atoms with Crippen LogP contribution in [0.15, 0.2) is 0 Å². The van der Waals surface area contributed by atoms with E-state index in [4.69, 9.17) is 21.9 Å². The fourth-order valence-electron chi connectivity index (χ4n) is 2.44. The van der Waals surface area contributed by atoms with Gasteiger partial charge in [0, 0.05) is 19.6 Å². The van der Waals surface area contributed by atoms with Crippen LogP contribution in [0.5, 0.6) is 0 Å². The third kappa shape index (κ3) is 2.75. The van der Waals surface area contributed by atoms with Gasteiger partial charge in [0.15, 0.2) is 5.13 Å². The van der Waals surface area contributed by atoms with Gasteiger partial charge in [0.2, 0.25) is 0 Å². The Morgan fingerprint density at radius 3 is 2.84 bits per heavy atom. The van der Waals surface area contributed by atoms with Gasteiger partial charge in [-0.1, -0.05) is 37.4 Å². The number of nitrogens with one attached hydrogen (secondary N) is 1. The fourth-order valence-corrected chi connectivity index (χ4v) is 3.81. The van der Waals surface area contributed by atoms with Crippen molar-refractivity contribution in [2.45, 2.75) is 20.3 Å². The van der Waals surface area contributed by atoms with Gasteiger partial charge in [-0.05, 0) is 11.8 Å². The van der Waals surface area contributed by atoms with Gasteiger partial charge in [0.1, 0.15) is 4.99 Å². The molecule has 0 bridgehead atoms. The quantitative estimate of drug-likeness (QED) is 0.801. The second kappa shape index (κ2) is 5.00. The Hall–Kier alpha value is -0.720. The maximum atomic E-state index is 5.48. The highest BCUT2D eigenvalue weighted by atomic mass is 32.1. The lowest BCUT2D eigenvalue weighted by Gasteiger charge is -2.26. The van der Waals surface area contributed by atoms with Crippen LogP contribution in [0.2, 0.25) is 0 Å². The van der Waals surface area contributed by atoms with E-state index < -0.39 is 0 Å².